The molecule has 0 aliphatic heterocycles. The second kappa shape index (κ2) is 11.8. The minimum absolute atomic E-state index is 0.212. The number of nitro benzene ring substituents is 4. The van der Waals surface area contributed by atoms with Gasteiger partial charge in [0, 0.05) is 24.3 Å². The van der Waals surface area contributed by atoms with Gasteiger partial charge in [0.25, 0.3) is 22.7 Å². The molecule has 0 spiro atoms. The minimum Gasteiger partial charge on any atom is -0.373 e. The zero-order chi connectivity index (χ0) is 24.4. The molecule has 13 nitrogen and oxygen atoms in total. The van der Waals surface area contributed by atoms with Gasteiger partial charge in [-0.2, -0.15) is 0 Å². The zero-order valence-corrected chi connectivity index (χ0v) is 17.1. The first-order chi connectivity index (χ1) is 15.7. The number of nitrogens with zero attached hydrogens (tertiary/aromatic N) is 4. The molecule has 172 valence electrons. The molecule has 0 heterocycles. The van der Waals surface area contributed by atoms with Gasteiger partial charge in [0.2, 0.25) is 0 Å². The highest BCUT2D eigenvalue weighted by Gasteiger charge is 2.16. The van der Waals surface area contributed by atoms with Crippen LogP contribution in [0.3, 0.4) is 0 Å². The van der Waals surface area contributed by atoms with E-state index in [0.29, 0.717) is 11.1 Å². The fraction of sp³-hybridized carbons (Fsp3) is 0.200. The Balaban J connectivity index is 1.82. The van der Waals surface area contributed by atoms with Crippen LogP contribution >= 0.6 is 0 Å². The van der Waals surface area contributed by atoms with Crippen molar-refractivity contribution >= 4 is 22.7 Å². The van der Waals surface area contributed by atoms with Gasteiger partial charge in [-0.15, -0.1) is 0 Å². The van der Waals surface area contributed by atoms with Gasteiger partial charge in [-0.05, 0) is 24.0 Å². The van der Waals surface area contributed by atoms with E-state index in [1.807, 2.05) is 0 Å². The SMILES string of the molecule is O=[N+]([O-])c1cc(CC=CCOCC=CCc2cc([N+](=O)[O-])cc([N+](=O)[O-])c2)cc([N+](=O)[O-])c1. The summed E-state index contributed by atoms with van der Waals surface area (Å²) in [5, 5.41) is 43.6. The van der Waals surface area contributed by atoms with Crippen LogP contribution in [0.25, 0.3) is 0 Å². The fourth-order valence-corrected chi connectivity index (χ4v) is 2.75. The molecule has 0 amide bonds. The van der Waals surface area contributed by atoms with Gasteiger partial charge in [-0.25, -0.2) is 0 Å². The number of non-ortho nitro benzene ring substituents is 4. The van der Waals surface area contributed by atoms with Crippen LogP contribution < -0.4 is 0 Å². The number of hydrogen-bond donors (Lipinski definition) is 0. The second-order valence-electron chi connectivity index (χ2n) is 6.63. The molecule has 0 fully saturated rings. The molecule has 2 aromatic carbocycles. The smallest absolute Gasteiger partial charge is 0.276 e. The third-order valence-electron chi connectivity index (χ3n) is 4.24. The molecule has 2 aromatic rings. The average molecular weight is 458 g/mol. The van der Waals surface area contributed by atoms with Crippen LogP contribution in [-0.2, 0) is 17.6 Å². The van der Waals surface area contributed by atoms with E-state index in [4.69, 9.17) is 4.74 Å². The molecule has 0 aliphatic rings. The predicted octanol–water partition coefficient (Wildman–Crippen LogP) is 4.23. The molecule has 0 saturated carbocycles. The molecule has 0 radical (unpaired) electrons. The summed E-state index contributed by atoms with van der Waals surface area (Å²) >= 11 is 0. The average Bonchev–Trinajstić information content (AvgIpc) is 2.77. The molecule has 0 aliphatic carbocycles. The summed E-state index contributed by atoms with van der Waals surface area (Å²) in [7, 11) is 0. The van der Waals surface area contributed by atoms with Crippen LogP contribution in [-0.4, -0.2) is 32.9 Å². The summed E-state index contributed by atoms with van der Waals surface area (Å²) in [6.07, 6.45) is 7.12. The Morgan fingerprint density at radius 1 is 0.545 bits per heavy atom. The van der Waals surface area contributed by atoms with Crippen molar-refractivity contribution in [1.82, 2.24) is 0 Å². The minimum atomic E-state index is -0.693. The highest BCUT2D eigenvalue weighted by atomic mass is 16.6. The van der Waals surface area contributed by atoms with Crippen LogP contribution in [0.15, 0.2) is 60.7 Å². The number of allylic oxidation sites excluding steroid dienone is 2. The summed E-state index contributed by atoms with van der Waals surface area (Å²) in [6, 6.07) is 6.85. The normalized spacial score (nSPS) is 11.2. The van der Waals surface area contributed by atoms with Gasteiger partial charge in [-0.1, -0.05) is 24.3 Å². The molecule has 33 heavy (non-hydrogen) atoms. The maximum atomic E-state index is 10.9. The third-order valence-corrected chi connectivity index (χ3v) is 4.24. The van der Waals surface area contributed by atoms with E-state index in [0.717, 1.165) is 12.1 Å². The maximum absolute atomic E-state index is 10.9. The van der Waals surface area contributed by atoms with E-state index in [2.05, 4.69) is 0 Å². The number of hydrogen-bond acceptors (Lipinski definition) is 9. The van der Waals surface area contributed by atoms with Crippen molar-refractivity contribution in [2.45, 2.75) is 12.8 Å². The van der Waals surface area contributed by atoms with Crippen LogP contribution in [0.5, 0.6) is 0 Å². The Morgan fingerprint density at radius 3 is 1.12 bits per heavy atom. The van der Waals surface area contributed by atoms with Gasteiger partial charge in [0.05, 0.1) is 45.0 Å². The highest BCUT2D eigenvalue weighted by Crippen LogP contribution is 2.24. The van der Waals surface area contributed by atoms with Crippen molar-refractivity contribution < 1.29 is 24.4 Å². The summed E-state index contributed by atoms with van der Waals surface area (Å²) in [6.45, 7) is 0.424. The first-order valence-corrected chi connectivity index (χ1v) is 9.40. The lowest BCUT2D eigenvalue weighted by Gasteiger charge is -2.00. The Hall–Kier alpha value is -4.52. The van der Waals surface area contributed by atoms with E-state index in [1.54, 1.807) is 24.3 Å². The van der Waals surface area contributed by atoms with E-state index >= 15 is 0 Å². The number of nitro groups is 4. The van der Waals surface area contributed by atoms with Crippen molar-refractivity contribution in [2.75, 3.05) is 13.2 Å². The van der Waals surface area contributed by atoms with Gasteiger partial charge < -0.3 is 4.74 Å². The van der Waals surface area contributed by atoms with Gasteiger partial charge in [-0.3, -0.25) is 40.5 Å². The topological polar surface area (TPSA) is 182 Å². The highest BCUT2D eigenvalue weighted by molar-refractivity contribution is 5.48. The number of benzene rings is 2. The first kappa shape index (κ1) is 24.7. The molecular weight excluding hydrogens is 440 g/mol. The Bertz CT molecular complexity index is 977. The van der Waals surface area contributed by atoms with Gasteiger partial charge >= 0.3 is 0 Å². The van der Waals surface area contributed by atoms with Crippen molar-refractivity contribution in [3.63, 3.8) is 0 Å². The number of ether oxygens (including phenoxy) is 1. The fourth-order valence-electron chi connectivity index (χ4n) is 2.75. The van der Waals surface area contributed by atoms with Crippen molar-refractivity contribution in [3.8, 4) is 0 Å². The maximum Gasteiger partial charge on any atom is 0.276 e. The first-order valence-electron chi connectivity index (χ1n) is 9.40. The molecule has 0 bridgehead atoms. The van der Waals surface area contributed by atoms with Crippen LogP contribution in [0.1, 0.15) is 11.1 Å². The van der Waals surface area contributed by atoms with Gasteiger partial charge in [0.15, 0.2) is 0 Å². The Kier molecular flexibility index (Phi) is 8.82. The van der Waals surface area contributed by atoms with E-state index in [9.17, 15) is 40.5 Å². The quantitative estimate of drug-likeness (QED) is 0.194. The lowest BCUT2D eigenvalue weighted by Crippen LogP contribution is -1.96. The van der Waals surface area contributed by atoms with Crippen LogP contribution in [0.2, 0.25) is 0 Å². The Labute approximate surface area is 186 Å². The standard InChI is InChI=1S/C20H18N4O9/c25-21(26)17-9-15(10-18(13-17)22(27)28)5-1-3-7-33-8-4-2-6-16-11-19(23(29)30)14-20(12-16)24(31)32/h1-4,9-14H,5-8H2. The molecule has 0 atom stereocenters. The van der Waals surface area contributed by atoms with Crippen molar-refractivity contribution in [2.24, 2.45) is 0 Å². The van der Waals surface area contributed by atoms with E-state index < -0.39 is 19.7 Å². The number of rotatable bonds is 12. The largest absolute Gasteiger partial charge is 0.373 e. The summed E-state index contributed by atoms with van der Waals surface area (Å²) < 4.78 is 5.35. The molecule has 13 heteroatoms. The van der Waals surface area contributed by atoms with Crippen molar-refractivity contribution in [1.29, 1.82) is 0 Å². The summed E-state index contributed by atoms with van der Waals surface area (Å²) in [4.78, 5) is 40.8. The van der Waals surface area contributed by atoms with E-state index in [-0.39, 0.29) is 48.8 Å². The summed E-state index contributed by atoms with van der Waals surface area (Å²) in [5.74, 6) is 0. The summed E-state index contributed by atoms with van der Waals surface area (Å²) in [5.41, 5.74) is -0.603. The molecule has 0 N–H and O–H groups in total. The predicted molar refractivity (Wildman–Crippen MR) is 116 cm³/mol. The Morgan fingerprint density at radius 2 is 0.848 bits per heavy atom. The van der Waals surface area contributed by atoms with Crippen LogP contribution in [0.4, 0.5) is 22.7 Å². The van der Waals surface area contributed by atoms with E-state index in [1.165, 1.54) is 24.3 Å². The zero-order valence-electron chi connectivity index (χ0n) is 17.1. The molecule has 0 saturated heterocycles. The monoisotopic (exact) mass is 458 g/mol. The van der Waals surface area contributed by atoms with Crippen LogP contribution in [0, 0.1) is 40.5 Å². The molecule has 0 unspecified atom stereocenters. The lowest BCUT2D eigenvalue weighted by atomic mass is 10.1. The second-order valence-corrected chi connectivity index (χ2v) is 6.63. The van der Waals surface area contributed by atoms with Crippen molar-refractivity contribution in [3.05, 3.63) is 112 Å². The third kappa shape index (κ3) is 7.91. The molecule has 0 aromatic heterocycles. The van der Waals surface area contributed by atoms with Gasteiger partial charge in [0.1, 0.15) is 0 Å². The molecule has 2 rings (SSSR count). The lowest BCUT2D eigenvalue weighted by molar-refractivity contribution is -0.394. The molecular formula is C20H18N4O9.